The van der Waals surface area contributed by atoms with Crippen LogP contribution in [-0.2, 0) is 16.4 Å². The van der Waals surface area contributed by atoms with Crippen LogP contribution in [0.15, 0.2) is 53.4 Å². The summed E-state index contributed by atoms with van der Waals surface area (Å²) >= 11 is 0. The number of anilines is 1. The van der Waals surface area contributed by atoms with E-state index in [1.165, 1.54) is 30.0 Å². The first-order chi connectivity index (χ1) is 13.9. The van der Waals surface area contributed by atoms with Crippen molar-refractivity contribution < 1.29 is 13.2 Å². The lowest BCUT2D eigenvalue weighted by molar-refractivity contribution is 0.0953. The SMILES string of the molecule is CN(C)S(=O)(=O)c1ccc(N2CCCC2)c(C(=O)NCCCc2ccccc2)c1. The van der Waals surface area contributed by atoms with Gasteiger partial charge in [-0.1, -0.05) is 30.3 Å². The topological polar surface area (TPSA) is 69.7 Å². The molecule has 1 N–H and O–H groups in total. The molecule has 0 bridgehead atoms. The summed E-state index contributed by atoms with van der Waals surface area (Å²) in [4.78, 5) is 15.2. The predicted molar refractivity (Wildman–Crippen MR) is 116 cm³/mol. The summed E-state index contributed by atoms with van der Waals surface area (Å²) in [6, 6.07) is 15.0. The van der Waals surface area contributed by atoms with Crippen molar-refractivity contribution in [3.8, 4) is 0 Å². The molecule has 1 heterocycles. The maximum atomic E-state index is 12.9. The second-order valence-corrected chi connectivity index (χ2v) is 9.66. The van der Waals surface area contributed by atoms with Crippen LogP contribution in [0.25, 0.3) is 0 Å². The summed E-state index contributed by atoms with van der Waals surface area (Å²) in [7, 11) is -0.613. The maximum absolute atomic E-state index is 12.9. The van der Waals surface area contributed by atoms with Gasteiger partial charge in [0, 0.05) is 39.4 Å². The lowest BCUT2D eigenvalue weighted by Crippen LogP contribution is -2.29. The van der Waals surface area contributed by atoms with Gasteiger partial charge in [-0.05, 0) is 49.4 Å². The Kier molecular flexibility index (Phi) is 6.92. The number of amides is 1. The number of benzene rings is 2. The van der Waals surface area contributed by atoms with Crippen LogP contribution in [0, 0.1) is 0 Å². The van der Waals surface area contributed by atoms with E-state index in [2.05, 4.69) is 22.3 Å². The van der Waals surface area contributed by atoms with E-state index in [1.807, 2.05) is 18.2 Å². The van der Waals surface area contributed by atoms with E-state index >= 15 is 0 Å². The van der Waals surface area contributed by atoms with Gasteiger partial charge in [-0.2, -0.15) is 0 Å². The Morgan fingerprint density at radius 1 is 1.07 bits per heavy atom. The number of carbonyl (C=O) groups excluding carboxylic acids is 1. The molecule has 1 aliphatic rings. The number of nitrogens with one attached hydrogen (secondary N) is 1. The van der Waals surface area contributed by atoms with E-state index < -0.39 is 10.0 Å². The van der Waals surface area contributed by atoms with Gasteiger partial charge in [0.1, 0.15) is 0 Å². The number of hydrogen-bond acceptors (Lipinski definition) is 4. The van der Waals surface area contributed by atoms with Crippen LogP contribution in [-0.4, -0.2) is 52.4 Å². The predicted octanol–water partition coefficient (Wildman–Crippen LogP) is 2.90. The van der Waals surface area contributed by atoms with Gasteiger partial charge in [0.2, 0.25) is 10.0 Å². The fraction of sp³-hybridized carbons (Fsp3) is 0.409. The van der Waals surface area contributed by atoms with Gasteiger partial charge in [0.15, 0.2) is 0 Å². The van der Waals surface area contributed by atoms with Gasteiger partial charge in [-0.3, -0.25) is 4.79 Å². The summed E-state index contributed by atoms with van der Waals surface area (Å²) < 4.78 is 26.2. The van der Waals surface area contributed by atoms with Crippen LogP contribution >= 0.6 is 0 Å². The van der Waals surface area contributed by atoms with E-state index in [-0.39, 0.29) is 10.8 Å². The molecular weight excluding hydrogens is 386 g/mol. The smallest absolute Gasteiger partial charge is 0.253 e. The highest BCUT2D eigenvalue weighted by atomic mass is 32.2. The van der Waals surface area contributed by atoms with Gasteiger partial charge in [0.25, 0.3) is 5.91 Å². The average molecular weight is 416 g/mol. The average Bonchev–Trinajstić information content (AvgIpc) is 3.26. The van der Waals surface area contributed by atoms with Gasteiger partial charge >= 0.3 is 0 Å². The van der Waals surface area contributed by atoms with Crippen molar-refractivity contribution in [2.24, 2.45) is 0 Å². The summed E-state index contributed by atoms with van der Waals surface area (Å²) in [5, 5.41) is 2.97. The molecule has 0 radical (unpaired) electrons. The Morgan fingerprint density at radius 3 is 2.41 bits per heavy atom. The Balaban J connectivity index is 1.76. The third-order valence-corrected chi connectivity index (χ3v) is 7.02. The van der Waals surface area contributed by atoms with Crippen LogP contribution in [0.2, 0.25) is 0 Å². The molecule has 6 nitrogen and oxygen atoms in total. The molecule has 2 aromatic rings. The van der Waals surface area contributed by atoms with Crippen molar-refractivity contribution in [3.05, 3.63) is 59.7 Å². The quantitative estimate of drug-likeness (QED) is 0.673. The summed E-state index contributed by atoms with van der Waals surface area (Å²) in [5.41, 5.74) is 2.47. The number of sulfonamides is 1. The van der Waals surface area contributed by atoms with Crippen LogP contribution in [0.1, 0.15) is 35.2 Å². The molecule has 1 amide bonds. The number of hydrogen-bond donors (Lipinski definition) is 1. The molecular formula is C22H29N3O3S. The Hall–Kier alpha value is -2.38. The van der Waals surface area contributed by atoms with Crippen molar-refractivity contribution in [2.45, 2.75) is 30.6 Å². The minimum atomic E-state index is -3.60. The first-order valence-electron chi connectivity index (χ1n) is 10.0. The van der Waals surface area contributed by atoms with Crippen LogP contribution < -0.4 is 10.2 Å². The fourth-order valence-electron chi connectivity index (χ4n) is 3.54. The lowest BCUT2D eigenvalue weighted by Gasteiger charge is -2.22. The fourth-order valence-corrected chi connectivity index (χ4v) is 4.46. The number of aryl methyl sites for hydroxylation is 1. The number of carbonyl (C=O) groups is 1. The standard InChI is InChI=1S/C22H29N3O3S/c1-24(2)29(27,28)19-12-13-21(25-15-6-7-16-25)20(17-19)22(26)23-14-8-11-18-9-4-3-5-10-18/h3-5,9-10,12-13,17H,6-8,11,14-16H2,1-2H3,(H,23,26). The molecule has 7 heteroatoms. The van der Waals surface area contributed by atoms with Crippen molar-refractivity contribution in [2.75, 3.05) is 38.6 Å². The van der Waals surface area contributed by atoms with Crippen LogP contribution in [0.3, 0.4) is 0 Å². The van der Waals surface area contributed by atoms with Crippen LogP contribution in [0.5, 0.6) is 0 Å². The molecule has 3 rings (SSSR count). The number of nitrogens with zero attached hydrogens (tertiary/aromatic N) is 2. The molecule has 29 heavy (non-hydrogen) atoms. The minimum absolute atomic E-state index is 0.139. The van der Waals surface area contributed by atoms with Gasteiger partial charge in [-0.25, -0.2) is 12.7 Å². The molecule has 0 aliphatic carbocycles. The van der Waals surface area contributed by atoms with Gasteiger partial charge in [-0.15, -0.1) is 0 Å². The normalized spacial score (nSPS) is 14.4. The molecule has 2 aromatic carbocycles. The highest BCUT2D eigenvalue weighted by Gasteiger charge is 2.24. The zero-order valence-corrected chi connectivity index (χ0v) is 17.9. The summed E-state index contributed by atoms with van der Waals surface area (Å²) in [6.45, 7) is 2.31. The van der Waals surface area contributed by atoms with E-state index in [9.17, 15) is 13.2 Å². The summed E-state index contributed by atoms with van der Waals surface area (Å²) in [6.07, 6.45) is 3.87. The zero-order valence-electron chi connectivity index (χ0n) is 17.1. The molecule has 0 atom stereocenters. The van der Waals surface area contributed by atoms with Crippen molar-refractivity contribution in [1.82, 2.24) is 9.62 Å². The first-order valence-corrected chi connectivity index (χ1v) is 11.5. The van der Waals surface area contributed by atoms with Crippen molar-refractivity contribution >= 4 is 21.6 Å². The van der Waals surface area contributed by atoms with Gasteiger partial charge < -0.3 is 10.2 Å². The second-order valence-electron chi connectivity index (χ2n) is 7.51. The summed E-state index contributed by atoms with van der Waals surface area (Å²) in [5.74, 6) is -0.226. The third kappa shape index (κ3) is 5.16. The molecule has 1 aliphatic heterocycles. The molecule has 0 spiro atoms. The molecule has 0 aromatic heterocycles. The molecule has 1 saturated heterocycles. The minimum Gasteiger partial charge on any atom is -0.371 e. The molecule has 0 unspecified atom stereocenters. The first kappa shape index (κ1) is 21.3. The largest absolute Gasteiger partial charge is 0.371 e. The highest BCUT2D eigenvalue weighted by molar-refractivity contribution is 7.89. The Bertz CT molecular complexity index is 937. The van der Waals surface area contributed by atoms with E-state index in [0.29, 0.717) is 12.1 Å². The lowest BCUT2D eigenvalue weighted by atomic mass is 10.1. The monoisotopic (exact) mass is 415 g/mol. The molecule has 1 fully saturated rings. The molecule has 156 valence electrons. The zero-order chi connectivity index (χ0) is 20.9. The van der Waals surface area contributed by atoms with Crippen LogP contribution in [0.4, 0.5) is 5.69 Å². The van der Waals surface area contributed by atoms with Crippen molar-refractivity contribution in [3.63, 3.8) is 0 Å². The Morgan fingerprint density at radius 2 is 1.76 bits per heavy atom. The van der Waals surface area contributed by atoms with E-state index in [0.717, 1.165) is 44.5 Å². The molecule has 0 saturated carbocycles. The maximum Gasteiger partial charge on any atom is 0.253 e. The highest BCUT2D eigenvalue weighted by Crippen LogP contribution is 2.28. The number of rotatable bonds is 8. The van der Waals surface area contributed by atoms with Gasteiger partial charge in [0.05, 0.1) is 10.5 Å². The van der Waals surface area contributed by atoms with Crippen molar-refractivity contribution in [1.29, 1.82) is 0 Å². The van der Waals surface area contributed by atoms with E-state index in [4.69, 9.17) is 0 Å². The second kappa shape index (κ2) is 9.41. The Labute approximate surface area is 173 Å². The van der Waals surface area contributed by atoms with E-state index in [1.54, 1.807) is 12.1 Å². The third-order valence-electron chi connectivity index (χ3n) is 5.21.